The number of carboxylic acids is 1. The first-order valence-electron chi connectivity index (χ1n) is 7.03. The van der Waals surface area contributed by atoms with Gasteiger partial charge in [-0.1, -0.05) is 17.7 Å². The van der Waals surface area contributed by atoms with Gasteiger partial charge in [-0.3, -0.25) is 4.79 Å². The minimum atomic E-state index is -4.52. The van der Waals surface area contributed by atoms with E-state index in [1.807, 2.05) is 0 Å². The number of hydrogen-bond acceptors (Lipinski definition) is 3. The number of alkyl halides is 3. The molecule has 23 heavy (non-hydrogen) atoms. The Hall–Kier alpha value is -2.31. The lowest BCUT2D eigenvalue weighted by Crippen LogP contribution is -2.42. The Bertz CT molecular complexity index is 652. The molecule has 0 saturated heterocycles. The van der Waals surface area contributed by atoms with Crippen LogP contribution in [0.2, 0.25) is 0 Å². The van der Waals surface area contributed by atoms with Gasteiger partial charge in [-0.15, -0.1) is 0 Å². The summed E-state index contributed by atoms with van der Waals surface area (Å²) in [5.74, 6) is -3.80. The first kappa shape index (κ1) is 17.1. The van der Waals surface area contributed by atoms with E-state index in [1.54, 1.807) is 13.0 Å². The van der Waals surface area contributed by atoms with Crippen LogP contribution >= 0.6 is 0 Å². The lowest BCUT2D eigenvalue weighted by atomic mass is 9.79. The topological polar surface area (TPSA) is 69.2 Å². The molecule has 124 valence electrons. The third-order valence-corrected chi connectivity index (χ3v) is 3.84. The number of halogens is 3. The molecule has 1 N–H and O–H groups in total. The number of hydrogen-bond donors (Lipinski definition) is 1. The van der Waals surface area contributed by atoms with Crippen molar-refractivity contribution < 1.29 is 27.9 Å². The number of allylic oxidation sites excluding steroid dienone is 2. The van der Waals surface area contributed by atoms with Crippen molar-refractivity contribution in [3.05, 3.63) is 41.5 Å². The molecule has 0 fully saturated rings. The van der Waals surface area contributed by atoms with Crippen LogP contribution in [-0.4, -0.2) is 11.9 Å². The second kappa shape index (κ2) is 6.44. The van der Waals surface area contributed by atoms with E-state index in [9.17, 15) is 27.9 Å². The molecule has 1 aromatic carbocycles. The van der Waals surface area contributed by atoms with Gasteiger partial charge in [0.15, 0.2) is 0 Å². The van der Waals surface area contributed by atoms with Gasteiger partial charge >= 0.3 is 6.18 Å². The second-order valence-electron chi connectivity index (χ2n) is 5.59. The van der Waals surface area contributed by atoms with Gasteiger partial charge in [0.2, 0.25) is 5.91 Å². The SMILES string of the molecule is CC1=CC[C@@H](C(=O)[O-])[C@@H](C(=O)Nc2cccc(C(F)(F)F)c2)C1. The molecule has 1 aromatic rings. The maximum atomic E-state index is 12.7. The van der Waals surface area contributed by atoms with Gasteiger partial charge < -0.3 is 15.2 Å². The number of carboxylic acid groups (broad SMARTS) is 1. The summed E-state index contributed by atoms with van der Waals surface area (Å²) >= 11 is 0. The predicted octanol–water partition coefficient (Wildman–Crippen LogP) is 2.37. The van der Waals surface area contributed by atoms with Crippen LogP contribution in [0.5, 0.6) is 0 Å². The highest BCUT2D eigenvalue weighted by molar-refractivity contribution is 5.95. The quantitative estimate of drug-likeness (QED) is 0.867. The third kappa shape index (κ3) is 4.12. The lowest BCUT2D eigenvalue weighted by molar-refractivity contribution is -0.313. The molecule has 0 heterocycles. The fourth-order valence-corrected chi connectivity index (χ4v) is 2.61. The van der Waals surface area contributed by atoms with E-state index in [4.69, 9.17) is 0 Å². The summed E-state index contributed by atoms with van der Waals surface area (Å²) in [6.07, 6.45) is -2.37. The number of anilines is 1. The highest BCUT2D eigenvalue weighted by atomic mass is 19.4. The zero-order valence-corrected chi connectivity index (χ0v) is 12.3. The summed E-state index contributed by atoms with van der Waals surface area (Å²) in [5, 5.41) is 13.5. The van der Waals surface area contributed by atoms with E-state index in [0.717, 1.165) is 17.7 Å². The van der Waals surface area contributed by atoms with Gasteiger partial charge in [-0.05, 0) is 38.0 Å². The molecule has 0 bridgehead atoms. The Morgan fingerprint density at radius 2 is 1.96 bits per heavy atom. The van der Waals surface area contributed by atoms with Crippen molar-refractivity contribution in [1.82, 2.24) is 0 Å². The summed E-state index contributed by atoms with van der Waals surface area (Å²) in [7, 11) is 0. The van der Waals surface area contributed by atoms with E-state index < -0.39 is 35.5 Å². The number of benzene rings is 1. The van der Waals surface area contributed by atoms with Crippen molar-refractivity contribution in [3.8, 4) is 0 Å². The van der Waals surface area contributed by atoms with Crippen LogP contribution in [0.25, 0.3) is 0 Å². The lowest BCUT2D eigenvalue weighted by Gasteiger charge is -2.30. The zero-order valence-electron chi connectivity index (χ0n) is 12.3. The molecule has 0 aromatic heterocycles. The smallest absolute Gasteiger partial charge is 0.416 e. The molecule has 0 radical (unpaired) electrons. The van der Waals surface area contributed by atoms with Gasteiger partial charge in [0.1, 0.15) is 0 Å². The van der Waals surface area contributed by atoms with Crippen molar-refractivity contribution in [2.24, 2.45) is 11.8 Å². The van der Waals surface area contributed by atoms with E-state index in [-0.39, 0.29) is 18.5 Å². The molecule has 4 nitrogen and oxygen atoms in total. The Kier molecular flexibility index (Phi) is 4.77. The van der Waals surface area contributed by atoms with Crippen molar-refractivity contribution >= 4 is 17.6 Å². The second-order valence-corrected chi connectivity index (χ2v) is 5.59. The van der Waals surface area contributed by atoms with Crippen LogP contribution in [-0.2, 0) is 15.8 Å². The number of carbonyl (C=O) groups excluding carboxylic acids is 2. The summed E-state index contributed by atoms with van der Waals surface area (Å²) < 4.78 is 38.0. The molecule has 2 rings (SSSR count). The third-order valence-electron chi connectivity index (χ3n) is 3.84. The zero-order chi connectivity index (χ0) is 17.2. The normalized spacial score (nSPS) is 21.5. The standard InChI is InChI=1S/C16H16F3NO3/c1-9-5-6-12(15(22)23)13(7-9)14(21)20-11-4-2-3-10(8-11)16(17,18)19/h2-5,8,12-13H,6-7H2,1H3,(H,20,21)(H,22,23)/p-1/t12-,13+/m1/s1. The van der Waals surface area contributed by atoms with E-state index in [0.29, 0.717) is 0 Å². The van der Waals surface area contributed by atoms with Crippen molar-refractivity contribution in [3.63, 3.8) is 0 Å². The molecular weight excluding hydrogens is 311 g/mol. The van der Waals surface area contributed by atoms with Gasteiger partial charge in [0.05, 0.1) is 11.5 Å². The van der Waals surface area contributed by atoms with Gasteiger partial charge in [0.25, 0.3) is 0 Å². The Morgan fingerprint density at radius 3 is 2.57 bits per heavy atom. The first-order chi connectivity index (χ1) is 10.7. The molecule has 1 amide bonds. The highest BCUT2D eigenvalue weighted by Crippen LogP contribution is 2.32. The highest BCUT2D eigenvalue weighted by Gasteiger charge is 2.33. The molecule has 1 aliphatic carbocycles. The van der Waals surface area contributed by atoms with Crippen molar-refractivity contribution in [2.75, 3.05) is 5.32 Å². The minimum Gasteiger partial charge on any atom is -0.550 e. The van der Waals surface area contributed by atoms with Crippen LogP contribution in [0.15, 0.2) is 35.9 Å². The van der Waals surface area contributed by atoms with Crippen LogP contribution < -0.4 is 10.4 Å². The van der Waals surface area contributed by atoms with E-state index in [2.05, 4.69) is 5.32 Å². The summed E-state index contributed by atoms with van der Waals surface area (Å²) in [6.45, 7) is 1.77. The van der Waals surface area contributed by atoms with Crippen LogP contribution in [0, 0.1) is 11.8 Å². The molecule has 0 spiro atoms. The Labute approximate surface area is 131 Å². The van der Waals surface area contributed by atoms with Crippen LogP contribution in [0.3, 0.4) is 0 Å². The molecule has 7 heteroatoms. The fraction of sp³-hybridized carbons (Fsp3) is 0.375. The van der Waals surface area contributed by atoms with Crippen LogP contribution in [0.4, 0.5) is 18.9 Å². The van der Waals surface area contributed by atoms with Gasteiger partial charge in [-0.2, -0.15) is 13.2 Å². The van der Waals surface area contributed by atoms with Gasteiger partial charge in [0, 0.05) is 17.6 Å². The maximum Gasteiger partial charge on any atom is 0.416 e. The Balaban J connectivity index is 2.18. The molecule has 1 aliphatic rings. The fourth-order valence-electron chi connectivity index (χ4n) is 2.61. The number of rotatable bonds is 3. The van der Waals surface area contributed by atoms with Gasteiger partial charge in [-0.25, -0.2) is 0 Å². The largest absolute Gasteiger partial charge is 0.550 e. The Morgan fingerprint density at radius 1 is 1.26 bits per heavy atom. The predicted molar refractivity (Wildman–Crippen MR) is 75.1 cm³/mol. The monoisotopic (exact) mass is 326 g/mol. The minimum absolute atomic E-state index is 0.0193. The summed E-state index contributed by atoms with van der Waals surface area (Å²) in [4.78, 5) is 23.4. The van der Waals surface area contributed by atoms with Crippen molar-refractivity contribution in [2.45, 2.75) is 25.9 Å². The van der Waals surface area contributed by atoms with Crippen LogP contribution in [0.1, 0.15) is 25.3 Å². The van der Waals surface area contributed by atoms with E-state index >= 15 is 0 Å². The van der Waals surface area contributed by atoms with Crippen molar-refractivity contribution in [1.29, 1.82) is 0 Å². The number of amides is 1. The maximum absolute atomic E-state index is 12.7. The molecule has 2 atom stereocenters. The molecule has 0 unspecified atom stereocenters. The molecule has 0 aliphatic heterocycles. The average Bonchev–Trinajstić information content (AvgIpc) is 2.46. The average molecular weight is 326 g/mol. The number of aliphatic carboxylic acids is 1. The molecular formula is C16H15F3NO3-. The molecule has 0 saturated carbocycles. The number of nitrogens with one attached hydrogen (secondary N) is 1. The summed E-state index contributed by atoms with van der Waals surface area (Å²) in [6, 6.07) is 4.22. The van der Waals surface area contributed by atoms with E-state index in [1.165, 1.54) is 12.1 Å². The number of carbonyl (C=O) groups is 2. The summed E-state index contributed by atoms with van der Waals surface area (Å²) in [5.41, 5.74) is -0.0349. The first-order valence-corrected chi connectivity index (χ1v) is 7.03.